The van der Waals surface area contributed by atoms with Gasteiger partial charge in [-0.15, -0.1) is 11.3 Å². The number of aromatic nitrogens is 2. The molecule has 0 saturated heterocycles. The first-order valence-corrected chi connectivity index (χ1v) is 7.62. The Kier molecular flexibility index (Phi) is 5.23. The lowest BCUT2D eigenvalue weighted by Crippen LogP contribution is -2.28. The van der Waals surface area contributed by atoms with Crippen molar-refractivity contribution < 1.29 is 4.79 Å². The molecule has 0 aliphatic heterocycles. The summed E-state index contributed by atoms with van der Waals surface area (Å²) in [5.41, 5.74) is 1.05. The molecule has 4 nitrogen and oxygen atoms in total. The molecule has 2 heterocycles. The van der Waals surface area contributed by atoms with Gasteiger partial charge >= 0.3 is 6.03 Å². The van der Waals surface area contributed by atoms with Crippen molar-refractivity contribution in [1.82, 2.24) is 15.1 Å². The fourth-order valence-corrected chi connectivity index (χ4v) is 3.03. The molecule has 0 aromatic carbocycles. The Morgan fingerprint density at radius 2 is 2.00 bits per heavy atom. The van der Waals surface area contributed by atoms with E-state index in [1.807, 2.05) is 0 Å². The Bertz CT molecular complexity index is 689. The number of hydrogen-bond acceptors (Lipinski definition) is 3. The number of rotatable bonds is 2. The van der Waals surface area contributed by atoms with E-state index in [4.69, 9.17) is 58.0 Å². The van der Waals surface area contributed by atoms with Crippen LogP contribution in [0.25, 0.3) is 11.3 Å². The van der Waals surface area contributed by atoms with Crippen LogP contribution in [0.5, 0.6) is 0 Å². The molecule has 0 radical (unpaired) electrons. The van der Waals surface area contributed by atoms with E-state index in [0.717, 1.165) is 4.68 Å². The summed E-state index contributed by atoms with van der Waals surface area (Å²) >= 11 is 29.7. The number of thiophene rings is 1. The Morgan fingerprint density at radius 1 is 1.30 bits per heavy atom. The summed E-state index contributed by atoms with van der Waals surface area (Å²) in [6.07, 6.45) is 1.44. The Morgan fingerprint density at radius 3 is 2.55 bits per heavy atom. The van der Waals surface area contributed by atoms with Crippen molar-refractivity contribution >= 4 is 75.4 Å². The van der Waals surface area contributed by atoms with E-state index >= 15 is 0 Å². The predicted molar refractivity (Wildman–Crippen MR) is 84.1 cm³/mol. The highest BCUT2D eigenvalue weighted by molar-refractivity contribution is 7.20. The van der Waals surface area contributed by atoms with Crippen molar-refractivity contribution in [2.45, 2.75) is 0 Å². The minimum atomic E-state index is -0.632. The fourth-order valence-electron chi connectivity index (χ4n) is 1.38. The number of carbonyl (C=O) groups excluding carboxylic acids is 1. The van der Waals surface area contributed by atoms with Crippen LogP contribution in [0.2, 0.25) is 8.67 Å². The molecule has 1 N–H and O–H groups in total. The summed E-state index contributed by atoms with van der Waals surface area (Å²) in [5, 5.41) is 5.98. The van der Waals surface area contributed by atoms with Crippen LogP contribution >= 0.6 is 69.3 Å². The maximum absolute atomic E-state index is 12.0. The summed E-state index contributed by atoms with van der Waals surface area (Å²) in [6, 6.07) is 2.62. The van der Waals surface area contributed by atoms with Crippen LogP contribution in [-0.2, 0) is 0 Å². The molecule has 10 heteroatoms. The second-order valence-corrected chi connectivity index (χ2v) is 6.98. The Labute approximate surface area is 142 Å². The van der Waals surface area contributed by atoms with Gasteiger partial charge in [0.1, 0.15) is 14.0 Å². The first-order chi connectivity index (χ1) is 9.40. The first kappa shape index (κ1) is 15.9. The van der Waals surface area contributed by atoms with Crippen molar-refractivity contribution in [1.29, 1.82) is 0 Å². The average Bonchev–Trinajstić information content (AvgIpc) is 2.94. The minimum absolute atomic E-state index is 0.200. The lowest BCUT2D eigenvalue weighted by molar-refractivity contribution is 0.243. The van der Waals surface area contributed by atoms with Crippen LogP contribution in [0.1, 0.15) is 0 Å². The normalized spacial score (nSPS) is 10.4. The van der Waals surface area contributed by atoms with E-state index < -0.39 is 6.03 Å². The van der Waals surface area contributed by atoms with Gasteiger partial charge in [0, 0.05) is 5.56 Å². The first-order valence-electron chi connectivity index (χ1n) is 4.91. The number of carbonyl (C=O) groups is 1. The monoisotopic (exact) mass is 389 g/mol. The van der Waals surface area contributed by atoms with Gasteiger partial charge in [0.25, 0.3) is 0 Å². The van der Waals surface area contributed by atoms with Gasteiger partial charge < -0.3 is 0 Å². The van der Waals surface area contributed by atoms with Gasteiger partial charge in [-0.3, -0.25) is 5.32 Å². The molecular weight excluding hydrogens is 387 g/mol. The molecule has 106 valence electrons. The summed E-state index contributed by atoms with van der Waals surface area (Å²) in [5.74, 6) is 0. The molecular formula is C10H4Cl5N3OS. The van der Waals surface area contributed by atoms with Crippen LogP contribution < -0.4 is 5.32 Å². The van der Waals surface area contributed by atoms with Crippen LogP contribution in [0.15, 0.2) is 28.0 Å². The van der Waals surface area contributed by atoms with E-state index in [0.29, 0.717) is 19.9 Å². The molecule has 2 rings (SSSR count). The van der Waals surface area contributed by atoms with Gasteiger partial charge in [0.15, 0.2) is 0 Å². The van der Waals surface area contributed by atoms with Crippen molar-refractivity contribution in [3.8, 4) is 11.3 Å². The molecule has 2 aromatic rings. The molecule has 0 saturated carbocycles. The van der Waals surface area contributed by atoms with E-state index in [1.54, 1.807) is 12.1 Å². The SMILES string of the molecule is O=C(NC(Cl)=C(Cl)Cl)n1nccc1-c1cc(Cl)sc1Cl. The van der Waals surface area contributed by atoms with E-state index in [9.17, 15) is 4.79 Å². The van der Waals surface area contributed by atoms with Crippen LogP contribution in [-0.4, -0.2) is 15.8 Å². The second kappa shape index (κ2) is 6.56. The van der Waals surface area contributed by atoms with E-state index in [1.165, 1.54) is 17.5 Å². The maximum atomic E-state index is 12.0. The van der Waals surface area contributed by atoms with Crippen molar-refractivity contribution in [3.63, 3.8) is 0 Å². The van der Waals surface area contributed by atoms with Gasteiger partial charge in [-0.2, -0.15) is 9.78 Å². The molecule has 0 bridgehead atoms. The Hall–Kier alpha value is -0.430. The molecule has 0 atom stereocenters. The number of amides is 1. The number of nitrogens with one attached hydrogen (secondary N) is 1. The van der Waals surface area contributed by atoms with Gasteiger partial charge in [-0.05, 0) is 12.1 Å². The number of hydrogen-bond donors (Lipinski definition) is 1. The summed E-state index contributed by atoms with van der Waals surface area (Å²) < 4.78 is 1.76. The van der Waals surface area contributed by atoms with Gasteiger partial charge in [-0.1, -0.05) is 58.0 Å². The molecule has 0 unspecified atom stereocenters. The fraction of sp³-hybridized carbons (Fsp3) is 0. The number of nitrogens with zero attached hydrogens (tertiary/aromatic N) is 2. The maximum Gasteiger partial charge on any atom is 0.347 e. The molecule has 20 heavy (non-hydrogen) atoms. The smallest absolute Gasteiger partial charge is 0.294 e. The Balaban J connectivity index is 2.37. The molecule has 0 spiro atoms. The molecule has 1 amide bonds. The van der Waals surface area contributed by atoms with Crippen LogP contribution in [0.4, 0.5) is 4.79 Å². The number of halogens is 5. The quantitative estimate of drug-likeness (QED) is 0.705. The van der Waals surface area contributed by atoms with Crippen LogP contribution in [0.3, 0.4) is 0 Å². The van der Waals surface area contributed by atoms with Crippen molar-refractivity contribution in [3.05, 3.63) is 36.6 Å². The summed E-state index contributed by atoms with van der Waals surface area (Å²) in [6.45, 7) is 0. The third-order valence-corrected chi connectivity index (χ3v) is 4.49. The van der Waals surface area contributed by atoms with Gasteiger partial charge in [0.2, 0.25) is 0 Å². The lowest BCUT2D eigenvalue weighted by Gasteiger charge is -2.07. The van der Waals surface area contributed by atoms with Gasteiger partial charge in [0.05, 0.1) is 16.2 Å². The lowest BCUT2D eigenvalue weighted by atomic mass is 10.2. The zero-order valence-corrected chi connectivity index (χ0v) is 13.9. The largest absolute Gasteiger partial charge is 0.347 e. The predicted octanol–water partition coefficient (Wildman–Crippen LogP) is 5.32. The highest BCUT2D eigenvalue weighted by Crippen LogP contribution is 2.37. The highest BCUT2D eigenvalue weighted by Gasteiger charge is 2.18. The summed E-state index contributed by atoms with van der Waals surface area (Å²) in [4.78, 5) is 12.0. The standard InChI is InChI=1S/C10H4Cl5N3OS/c11-6-3-4(9(15)20-6)5-1-2-16-18(5)10(19)17-8(14)7(12)13/h1-3H,(H,17,19). The second-order valence-electron chi connectivity index (χ2n) is 3.37. The third-order valence-electron chi connectivity index (χ3n) is 2.15. The average molecular weight is 391 g/mol. The van der Waals surface area contributed by atoms with Crippen molar-refractivity contribution in [2.75, 3.05) is 0 Å². The van der Waals surface area contributed by atoms with Crippen LogP contribution in [0, 0.1) is 0 Å². The van der Waals surface area contributed by atoms with E-state index in [2.05, 4.69) is 10.4 Å². The summed E-state index contributed by atoms with van der Waals surface area (Å²) in [7, 11) is 0. The highest BCUT2D eigenvalue weighted by atomic mass is 35.5. The molecule has 0 aliphatic rings. The molecule has 2 aromatic heterocycles. The minimum Gasteiger partial charge on any atom is -0.294 e. The zero-order valence-electron chi connectivity index (χ0n) is 9.33. The zero-order chi connectivity index (χ0) is 14.9. The molecule has 0 aliphatic carbocycles. The third kappa shape index (κ3) is 3.42. The molecule has 0 fully saturated rings. The van der Waals surface area contributed by atoms with E-state index in [-0.39, 0.29) is 9.65 Å². The van der Waals surface area contributed by atoms with Gasteiger partial charge in [-0.25, -0.2) is 4.79 Å². The van der Waals surface area contributed by atoms with Crippen molar-refractivity contribution in [2.24, 2.45) is 0 Å². The topological polar surface area (TPSA) is 46.9 Å².